The summed E-state index contributed by atoms with van der Waals surface area (Å²) in [4.78, 5) is 0. The SMILES string of the molecule is NCCc1c(Br)cc2c(c1F)CCCO2. The Balaban J connectivity index is 2.49. The van der Waals surface area contributed by atoms with Gasteiger partial charge in [0, 0.05) is 15.6 Å². The van der Waals surface area contributed by atoms with Gasteiger partial charge in [0.05, 0.1) is 6.61 Å². The number of benzene rings is 1. The van der Waals surface area contributed by atoms with E-state index in [2.05, 4.69) is 15.9 Å². The van der Waals surface area contributed by atoms with E-state index in [0.29, 0.717) is 36.4 Å². The Labute approximate surface area is 96.7 Å². The van der Waals surface area contributed by atoms with Crippen LogP contribution in [0.2, 0.25) is 0 Å². The largest absolute Gasteiger partial charge is 0.493 e. The normalized spacial score (nSPS) is 14.6. The Hall–Kier alpha value is -0.610. The van der Waals surface area contributed by atoms with Gasteiger partial charge in [-0.15, -0.1) is 0 Å². The smallest absolute Gasteiger partial charge is 0.134 e. The van der Waals surface area contributed by atoms with E-state index < -0.39 is 0 Å². The summed E-state index contributed by atoms with van der Waals surface area (Å²) in [5, 5.41) is 0. The van der Waals surface area contributed by atoms with Crippen molar-refractivity contribution in [3.05, 3.63) is 27.5 Å². The third kappa shape index (κ3) is 2.01. The Morgan fingerprint density at radius 3 is 3.07 bits per heavy atom. The van der Waals surface area contributed by atoms with Crippen molar-refractivity contribution in [3.8, 4) is 5.75 Å². The van der Waals surface area contributed by atoms with Crippen LogP contribution < -0.4 is 10.5 Å². The second-order valence-electron chi connectivity index (χ2n) is 3.62. The summed E-state index contributed by atoms with van der Waals surface area (Å²) < 4.78 is 20.2. The van der Waals surface area contributed by atoms with Gasteiger partial charge in [-0.05, 0) is 31.9 Å². The van der Waals surface area contributed by atoms with Crippen LogP contribution in [0.5, 0.6) is 5.75 Å². The van der Waals surface area contributed by atoms with Gasteiger partial charge in [-0.3, -0.25) is 0 Å². The van der Waals surface area contributed by atoms with Crippen LogP contribution >= 0.6 is 15.9 Å². The van der Waals surface area contributed by atoms with Crippen molar-refractivity contribution in [2.75, 3.05) is 13.2 Å². The van der Waals surface area contributed by atoms with E-state index in [1.165, 1.54) is 0 Å². The summed E-state index contributed by atoms with van der Waals surface area (Å²) in [5.41, 5.74) is 6.83. The van der Waals surface area contributed by atoms with Gasteiger partial charge < -0.3 is 10.5 Å². The van der Waals surface area contributed by atoms with Crippen LogP contribution in [0.15, 0.2) is 10.5 Å². The molecule has 1 heterocycles. The highest BCUT2D eigenvalue weighted by Crippen LogP contribution is 2.34. The maximum absolute atomic E-state index is 14.0. The van der Waals surface area contributed by atoms with E-state index in [1.807, 2.05) is 6.07 Å². The van der Waals surface area contributed by atoms with Gasteiger partial charge >= 0.3 is 0 Å². The number of fused-ring (bicyclic) bond motifs is 1. The van der Waals surface area contributed by atoms with Crippen LogP contribution in [0.4, 0.5) is 4.39 Å². The Morgan fingerprint density at radius 1 is 1.53 bits per heavy atom. The topological polar surface area (TPSA) is 35.2 Å². The van der Waals surface area contributed by atoms with E-state index in [9.17, 15) is 4.39 Å². The lowest BCUT2D eigenvalue weighted by Crippen LogP contribution is -2.13. The molecule has 4 heteroatoms. The molecule has 0 aliphatic carbocycles. The molecule has 1 aliphatic heterocycles. The predicted molar refractivity (Wildman–Crippen MR) is 60.7 cm³/mol. The van der Waals surface area contributed by atoms with E-state index in [0.717, 1.165) is 17.3 Å². The second-order valence-corrected chi connectivity index (χ2v) is 4.47. The molecule has 0 spiro atoms. The average molecular weight is 274 g/mol. The summed E-state index contributed by atoms with van der Waals surface area (Å²) >= 11 is 3.35. The van der Waals surface area contributed by atoms with E-state index in [-0.39, 0.29) is 5.82 Å². The zero-order chi connectivity index (χ0) is 10.8. The van der Waals surface area contributed by atoms with Crippen LogP contribution in [0.25, 0.3) is 0 Å². The molecule has 1 aromatic carbocycles. The number of ether oxygens (including phenoxy) is 1. The number of halogens is 2. The summed E-state index contributed by atoms with van der Waals surface area (Å²) in [6.07, 6.45) is 2.19. The maximum Gasteiger partial charge on any atom is 0.134 e. The first-order valence-electron chi connectivity index (χ1n) is 5.06. The van der Waals surface area contributed by atoms with E-state index in [1.54, 1.807) is 0 Å². The third-order valence-electron chi connectivity index (χ3n) is 2.60. The molecule has 0 unspecified atom stereocenters. The van der Waals surface area contributed by atoms with Crippen molar-refractivity contribution in [1.82, 2.24) is 0 Å². The molecule has 1 aliphatic rings. The number of rotatable bonds is 2. The Kier molecular flexibility index (Phi) is 3.26. The molecule has 0 amide bonds. The average Bonchev–Trinajstić information content (AvgIpc) is 2.24. The molecule has 0 aromatic heterocycles. The van der Waals surface area contributed by atoms with Crippen LogP contribution in [0.3, 0.4) is 0 Å². The fourth-order valence-corrected chi connectivity index (χ4v) is 2.43. The van der Waals surface area contributed by atoms with E-state index in [4.69, 9.17) is 10.5 Å². The van der Waals surface area contributed by atoms with Gasteiger partial charge in [0.2, 0.25) is 0 Å². The van der Waals surface area contributed by atoms with Crippen LogP contribution in [-0.4, -0.2) is 13.2 Å². The predicted octanol–water partition coefficient (Wildman–Crippen LogP) is 2.41. The molecule has 2 nitrogen and oxygen atoms in total. The van der Waals surface area contributed by atoms with Gasteiger partial charge in [-0.2, -0.15) is 0 Å². The molecule has 0 bridgehead atoms. The minimum absolute atomic E-state index is 0.149. The van der Waals surface area contributed by atoms with Crippen molar-refractivity contribution in [2.45, 2.75) is 19.3 Å². The van der Waals surface area contributed by atoms with Crippen molar-refractivity contribution < 1.29 is 9.13 Å². The molecular weight excluding hydrogens is 261 g/mol. The molecule has 0 saturated heterocycles. The molecule has 82 valence electrons. The molecule has 0 atom stereocenters. The lowest BCUT2D eigenvalue weighted by atomic mass is 10.0. The summed E-state index contributed by atoms with van der Waals surface area (Å²) in [6, 6.07) is 1.85. The van der Waals surface area contributed by atoms with Gasteiger partial charge in [-0.25, -0.2) is 4.39 Å². The Bertz CT molecular complexity index is 381. The minimum atomic E-state index is -0.149. The quantitative estimate of drug-likeness (QED) is 0.898. The van der Waals surface area contributed by atoms with Crippen molar-refractivity contribution in [3.63, 3.8) is 0 Å². The number of hydrogen-bond acceptors (Lipinski definition) is 2. The monoisotopic (exact) mass is 273 g/mol. The van der Waals surface area contributed by atoms with Crippen molar-refractivity contribution >= 4 is 15.9 Å². The first-order chi connectivity index (χ1) is 7.24. The number of nitrogens with two attached hydrogens (primary N) is 1. The number of hydrogen-bond donors (Lipinski definition) is 1. The van der Waals surface area contributed by atoms with Crippen molar-refractivity contribution in [2.24, 2.45) is 5.73 Å². The molecule has 15 heavy (non-hydrogen) atoms. The fourth-order valence-electron chi connectivity index (χ4n) is 1.85. The lowest BCUT2D eigenvalue weighted by Gasteiger charge is -2.20. The van der Waals surface area contributed by atoms with Gasteiger partial charge in [0.1, 0.15) is 11.6 Å². The second kappa shape index (κ2) is 4.49. The maximum atomic E-state index is 14.0. The molecule has 0 radical (unpaired) electrons. The highest BCUT2D eigenvalue weighted by molar-refractivity contribution is 9.10. The molecule has 2 N–H and O–H groups in total. The standard InChI is InChI=1S/C11H13BrFNO/c12-9-6-10-8(2-1-5-15-10)11(13)7(9)3-4-14/h6H,1-5,14H2. The summed E-state index contributed by atoms with van der Waals surface area (Å²) in [5.74, 6) is 0.524. The molecule has 1 aromatic rings. The van der Waals surface area contributed by atoms with Crippen LogP contribution in [0, 0.1) is 5.82 Å². The van der Waals surface area contributed by atoms with Crippen LogP contribution in [-0.2, 0) is 12.8 Å². The third-order valence-corrected chi connectivity index (χ3v) is 3.30. The molecule has 2 rings (SSSR count). The highest BCUT2D eigenvalue weighted by atomic mass is 79.9. The van der Waals surface area contributed by atoms with Gasteiger partial charge in [0.25, 0.3) is 0 Å². The first kappa shape index (κ1) is 10.9. The van der Waals surface area contributed by atoms with Gasteiger partial charge in [-0.1, -0.05) is 15.9 Å². The van der Waals surface area contributed by atoms with Crippen LogP contribution in [0.1, 0.15) is 17.5 Å². The summed E-state index contributed by atoms with van der Waals surface area (Å²) in [6.45, 7) is 1.13. The van der Waals surface area contributed by atoms with E-state index >= 15 is 0 Å². The lowest BCUT2D eigenvalue weighted by molar-refractivity contribution is 0.283. The molecular formula is C11H13BrFNO. The zero-order valence-electron chi connectivity index (χ0n) is 8.35. The first-order valence-corrected chi connectivity index (χ1v) is 5.86. The fraction of sp³-hybridized carbons (Fsp3) is 0.455. The van der Waals surface area contributed by atoms with Gasteiger partial charge in [0.15, 0.2) is 0 Å². The minimum Gasteiger partial charge on any atom is -0.493 e. The van der Waals surface area contributed by atoms with Crippen molar-refractivity contribution in [1.29, 1.82) is 0 Å². The molecule has 0 saturated carbocycles. The summed E-state index contributed by atoms with van der Waals surface area (Å²) in [7, 11) is 0. The highest BCUT2D eigenvalue weighted by Gasteiger charge is 2.20. The molecule has 0 fully saturated rings. The zero-order valence-corrected chi connectivity index (χ0v) is 9.94. The Morgan fingerprint density at radius 2 is 2.33 bits per heavy atom.